The molecule has 1 saturated heterocycles. The van der Waals surface area contributed by atoms with Crippen molar-refractivity contribution < 1.29 is 0 Å². The van der Waals surface area contributed by atoms with E-state index in [-0.39, 0.29) is 0 Å². The third kappa shape index (κ3) is 2.36. The fraction of sp³-hybridized carbons (Fsp3) is 0.500. The summed E-state index contributed by atoms with van der Waals surface area (Å²) in [6.07, 6.45) is 2.11. The Hall–Kier alpha value is -0.510. The predicted octanol–water partition coefficient (Wildman–Crippen LogP) is 1.89. The van der Waals surface area contributed by atoms with E-state index in [2.05, 4.69) is 41.2 Å². The summed E-state index contributed by atoms with van der Waals surface area (Å²) in [4.78, 5) is 1.33. The van der Waals surface area contributed by atoms with E-state index in [1.165, 1.54) is 10.5 Å². The van der Waals surface area contributed by atoms with E-state index in [1.807, 2.05) is 7.05 Å². The van der Waals surface area contributed by atoms with Gasteiger partial charge in [0.25, 0.3) is 0 Å². The van der Waals surface area contributed by atoms with Crippen molar-refractivity contribution in [1.29, 1.82) is 0 Å². The van der Waals surface area contributed by atoms with Crippen molar-refractivity contribution in [3.05, 3.63) is 29.8 Å². The highest BCUT2D eigenvalue weighted by molar-refractivity contribution is 7.98. The van der Waals surface area contributed by atoms with Crippen LogP contribution in [0.3, 0.4) is 0 Å². The molecular weight excluding hydrogens is 204 g/mol. The molecule has 3 heteroatoms. The lowest BCUT2D eigenvalue weighted by Gasteiger charge is -2.34. The predicted molar refractivity (Wildman–Crippen MR) is 66.4 cm³/mol. The van der Waals surface area contributed by atoms with Gasteiger partial charge in [0, 0.05) is 29.9 Å². The number of nitrogens with one attached hydrogen (secondary N) is 2. The topological polar surface area (TPSA) is 24.1 Å². The molecule has 1 unspecified atom stereocenters. The van der Waals surface area contributed by atoms with Crippen LogP contribution in [0.15, 0.2) is 29.2 Å². The maximum atomic E-state index is 3.41. The molecule has 0 saturated carbocycles. The number of thioether (sulfide) groups is 1. The Morgan fingerprint density at radius 1 is 1.33 bits per heavy atom. The number of hydrogen-bond acceptors (Lipinski definition) is 3. The maximum Gasteiger partial charge on any atom is 0.0370 e. The van der Waals surface area contributed by atoms with E-state index in [0.717, 1.165) is 19.0 Å². The first-order chi connectivity index (χ1) is 7.35. The van der Waals surface area contributed by atoms with Crippen LogP contribution in [0.4, 0.5) is 0 Å². The Labute approximate surface area is 95.8 Å². The van der Waals surface area contributed by atoms with Gasteiger partial charge in [-0.05, 0) is 31.0 Å². The van der Waals surface area contributed by atoms with Gasteiger partial charge in [-0.1, -0.05) is 12.1 Å². The SMILES string of the molecule is CNC(c1ccc(SC)cc1)C1CNC1. The quantitative estimate of drug-likeness (QED) is 0.761. The molecule has 1 aliphatic heterocycles. The van der Waals surface area contributed by atoms with Gasteiger partial charge in [0.1, 0.15) is 0 Å². The van der Waals surface area contributed by atoms with Crippen LogP contribution in [-0.2, 0) is 0 Å². The molecule has 0 amide bonds. The highest BCUT2D eigenvalue weighted by Crippen LogP contribution is 2.26. The second-order valence-corrected chi connectivity index (χ2v) is 4.84. The van der Waals surface area contributed by atoms with Gasteiger partial charge in [-0.25, -0.2) is 0 Å². The zero-order valence-electron chi connectivity index (χ0n) is 9.29. The summed E-state index contributed by atoms with van der Waals surface area (Å²) in [7, 11) is 2.05. The third-order valence-corrected chi connectivity index (χ3v) is 3.81. The van der Waals surface area contributed by atoms with Crippen molar-refractivity contribution in [3.63, 3.8) is 0 Å². The highest BCUT2D eigenvalue weighted by Gasteiger charge is 2.26. The van der Waals surface area contributed by atoms with Crippen LogP contribution in [0.5, 0.6) is 0 Å². The summed E-state index contributed by atoms with van der Waals surface area (Å²) in [5.74, 6) is 0.745. The summed E-state index contributed by atoms with van der Waals surface area (Å²) in [6, 6.07) is 9.39. The van der Waals surface area contributed by atoms with Crippen LogP contribution < -0.4 is 10.6 Å². The molecular formula is C12H18N2S. The lowest BCUT2D eigenvalue weighted by Crippen LogP contribution is -2.48. The Kier molecular flexibility index (Phi) is 3.67. The van der Waals surface area contributed by atoms with Gasteiger partial charge in [0.05, 0.1) is 0 Å². The van der Waals surface area contributed by atoms with Crippen LogP contribution in [0.2, 0.25) is 0 Å². The molecule has 1 aromatic carbocycles. The third-order valence-electron chi connectivity index (χ3n) is 3.07. The van der Waals surface area contributed by atoms with Crippen LogP contribution in [0, 0.1) is 5.92 Å². The zero-order chi connectivity index (χ0) is 10.7. The summed E-state index contributed by atoms with van der Waals surface area (Å²) in [5.41, 5.74) is 1.40. The van der Waals surface area contributed by atoms with Gasteiger partial charge < -0.3 is 10.6 Å². The van der Waals surface area contributed by atoms with Crippen LogP contribution in [-0.4, -0.2) is 26.4 Å². The van der Waals surface area contributed by atoms with Gasteiger partial charge in [0.2, 0.25) is 0 Å². The zero-order valence-corrected chi connectivity index (χ0v) is 10.1. The smallest absolute Gasteiger partial charge is 0.0370 e. The molecule has 1 atom stereocenters. The molecule has 0 bridgehead atoms. The second kappa shape index (κ2) is 5.01. The molecule has 15 heavy (non-hydrogen) atoms. The van der Waals surface area contributed by atoms with Crippen LogP contribution in [0.25, 0.3) is 0 Å². The minimum Gasteiger partial charge on any atom is -0.316 e. The van der Waals surface area contributed by atoms with Gasteiger partial charge in [0.15, 0.2) is 0 Å². The minimum atomic E-state index is 0.502. The van der Waals surface area contributed by atoms with Gasteiger partial charge >= 0.3 is 0 Å². The maximum absolute atomic E-state index is 3.41. The van der Waals surface area contributed by atoms with E-state index in [9.17, 15) is 0 Å². The van der Waals surface area contributed by atoms with E-state index in [0.29, 0.717) is 6.04 Å². The molecule has 82 valence electrons. The Balaban J connectivity index is 2.11. The van der Waals surface area contributed by atoms with E-state index in [4.69, 9.17) is 0 Å². The summed E-state index contributed by atoms with van der Waals surface area (Å²) >= 11 is 1.79. The Bertz CT molecular complexity index is 306. The van der Waals surface area contributed by atoms with Crippen molar-refractivity contribution in [1.82, 2.24) is 10.6 Å². The lowest BCUT2D eigenvalue weighted by atomic mass is 9.89. The monoisotopic (exact) mass is 222 g/mol. The molecule has 0 aromatic heterocycles. The van der Waals surface area contributed by atoms with E-state index in [1.54, 1.807) is 11.8 Å². The molecule has 1 fully saturated rings. The summed E-state index contributed by atoms with van der Waals surface area (Å²) in [5, 5.41) is 6.74. The summed E-state index contributed by atoms with van der Waals surface area (Å²) < 4.78 is 0. The minimum absolute atomic E-state index is 0.502. The second-order valence-electron chi connectivity index (χ2n) is 3.96. The average Bonchev–Trinajstić information content (AvgIpc) is 2.23. The molecule has 0 radical (unpaired) electrons. The van der Waals surface area contributed by atoms with Crippen molar-refractivity contribution in [2.45, 2.75) is 10.9 Å². The first-order valence-electron chi connectivity index (χ1n) is 5.37. The number of hydrogen-bond donors (Lipinski definition) is 2. The lowest BCUT2D eigenvalue weighted by molar-refractivity contribution is 0.268. The van der Waals surface area contributed by atoms with E-state index < -0.39 is 0 Å². The van der Waals surface area contributed by atoms with Crippen LogP contribution >= 0.6 is 11.8 Å². The molecule has 1 heterocycles. The molecule has 2 N–H and O–H groups in total. The Morgan fingerprint density at radius 3 is 2.40 bits per heavy atom. The van der Waals surface area contributed by atoms with Crippen molar-refractivity contribution in [2.75, 3.05) is 26.4 Å². The molecule has 1 aliphatic rings. The summed E-state index contributed by atoms with van der Waals surface area (Å²) in [6.45, 7) is 2.27. The van der Waals surface area contributed by atoms with Gasteiger partial charge in [-0.3, -0.25) is 0 Å². The fourth-order valence-electron chi connectivity index (χ4n) is 2.03. The van der Waals surface area contributed by atoms with Crippen molar-refractivity contribution in [2.24, 2.45) is 5.92 Å². The normalized spacial score (nSPS) is 18.5. The van der Waals surface area contributed by atoms with Crippen molar-refractivity contribution in [3.8, 4) is 0 Å². The average molecular weight is 222 g/mol. The molecule has 2 nitrogen and oxygen atoms in total. The molecule has 2 rings (SSSR count). The number of rotatable bonds is 4. The molecule has 1 aromatic rings. The van der Waals surface area contributed by atoms with Gasteiger partial charge in [-0.2, -0.15) is 0 Å². The van der Waals surface area contributed by atoms with Gasteiger partial charge in [-0.15, -0.1) is 11.8 Å². The highest BCUT2D eigenvalue weighted by atomic mass is 32.2. The molecule has 0 spiro atoms. The first kappa shape index (κ1) is 11.0. The van der Waals surface area contributed by atoms with Crippen molar-refractivity contribution >= 4 is 11.8 Å². The van der Waals surface area contributed by atoms with E-state index >= 15 is 0 Å². The fourth-order valence-corrected chi connectivity index (χ4v) is 2.44. The standard InChI is InChI=1S/C12H18N2S/c1-13-12(10-7-14-8-10)9-3-5-11(15-2)6-4-9/h3-6,10,12-14H,7-8H2,1-2H3. The largest absolute Gasteiger partial charge is 0.316 e. The molecule has 0 aliphatic carbocycles. The first-order valence-corrected chi connectivity index (χ1v) is 6.59. The van der Waals surface area contributed by atoms with Crippen LogP contribution in [0.1, 0.15) is 11.6 Å². The Morgan fingerprint density at radius 2 is 2.00 bits per heavy atom. The number of benzene rings is 1.